The third-order valence-corrected chi connectivity index (χ3v) is 5.24. The molecule has 3 rings (SSSR count). The number of thiazole rings is 1. The van der Waals surface area contributed by atoms with Gasteiger partial charge in [-0.15, -0.1) is 11.3 Å². The molecule has 0 spiro atoms. The molecule has 3 aromatic rings. The van der Waals surface area contributed by atoms with E-state index in [1.165, 1.54) is 11.3 Å². The fourth-order valence-corrected chi connectivity index (χ4v) is 3.33. The highest BCUT2D eigenvalue weighted by atomic mass is 35.5. The third-order valence-electron chi connectivity index (χ3n) is 3.70. The predicted octanol–water partition coefficient (Wildman–Crippen LogP) is 5.37. The first-order valence-corrected chi connectivity index (χ1v) is 10.4. The number of aromatic nitrogens is 1. The van der Waals surface area contributed by atoms with Crippen LogP contribution in [0.25, 0.3) is 0 Å². The molecule has 0 fully saturated rings. The normalized spacial score (nSPS) is 10.6. The summed E-state index contributed by atoms with van der Waals surface area (Å²) < 4.78 is 11.1. The third kappa shape index (κ3) is 7.21. The minimum absolute atomic E-state index is 0.325. The van der Waals surface area contributed by atoms with Crippen molar-refractivity contribution in [3.63, 3.8) is 0 Å². The minimum Gasteiger partial charge on any atom is -0.491 e. The number of halogens is 2. The number of nitrogens with zero attached hydrogens (tertiary/aromatic N) is 1. The predicted molar refractivity (Wildman–Crippen MR) is 116 cm³/mol. The first-order chi connectivity index (χ1) is 14.1. The van der Waals surface area contributed by atoms with Gasteiger partial charge in [-0.2, -0.15) is 0 Å². The van der Waals surface area contributed by atoms with Gasteiger partial charge in [0.1, 0.15) is 12.4 Å². The fourth-order valence-electron chi connectivity index (χ4n) is 2.32. The van der Waals surface area contributed by atoms with E-state index >= 15 is 0 Å². The van der Waals surface area contributed by atoms with Gasteiger partial charge in [0.25, 0.3) is 0 Å². The summed E-state index contributed by atoms with van der Waals surface area (Å²) in [5, 5.41) is 8.71. The number of carbonyl (C=O) groups excluding carboxylic acids is 1. The lowest BCUT2D eigenvalue weighted by molar-refractivity contribution is 0.0873. The topological polar surface area (TPSA) is 72.5 Å². The number of carbonyl (C=O) groups is 1. The van der Waals surface area contributed by atoms with E-state index in [-0.39, 0.29) is 6.03 Å². The molecule has 0 saturated heterocycles. The van der Waals surface area contributed by atoms with Crippen LogP contribution >= 0.6 is 34.5 Å². The zero-order valence-corrected chi connectivity index (χ0v) is 17.7. The minimum atomic E-state index is -0.353. The van der Waals surface area contributed by atoms with E-state index in [9.17, 15) is 4.79 Å². The highest BCUT2D eigenvalue weighted by Gasteiger charge is 2.07. The molecule has 152 valence electrons. The van der Waals surface area contributed by atoms with Gasteiger partial charge in [-0.3, -0.25) is 5.32 Å². The molecule has 2 aromatic carbocycles. The Morgan fingerprint density at radius 1 is 1.07 bits per heavy atom. The first kappa shape index (κ1) is 21.4. The second kappa shape index (κ2) is 11.0. The lowest BCUT2D eigenvalue weighted by Gasteiger charge is -2.07. The standard InChI is InChI=1S/C20H19Cl2N3O3S/c21-17-7-6-14(10-18(17)22)11-23-19(26)25-20-24-15(13-29-20)12-27-8-9-28-16-4-2-1-3-5-16/h1-7,10,13H,8-9,11-12H2,(H2,23,24,25,26). The summed E-state index contributed by atoms with van der Waals surface area (Å²) in [7, 11) is 0. The van der Waals surface area contributed by atoms with Gasteiger partial charge in [0.05, 0.1) is 29.0 Å². The number of rotatable bonds is 9. The summed E-state index contributed by atoms with van der Waals surface area (Å²) in [6.45, 7) is 1.57. The van der Waals surface area contributed by atoms with Crippen LogP contribution in [-0.2, 0) is 17.9 Å². The highest BCUT2D eigenvalue weighted by molar-refractivity contribution is 7.13. The number of hydrogen-bond acceptors (Lipinski definition) is 5. The van der Waals surface area contributed by atoms with E-state index < -0.39 is 0 Å². The molecular weight excluding hydrogens is 433 g/mol. The van der Waals surface area contributed by atoms with Crippen LogP contribution in [0.1, 0.15) is 11.3 Å². The molecule has 6 nitrogen and oxygen atoms in total. The van der Waals surface area contributed by atoms with Crippen molar-refractivity contribution in [1.29, 1.82) is 0 Å². The molecule has 29 heavy (non-hydrogen) atoms. The second-order valence-electron chi connectivity index (χ2n) is 5.91. The SMILES string of the molecule is O=C(NCc1ccc(Cl)c(Cl)c1)Nc1nc(COCCOc2ccccc2)cs1. The molecule has 0 atom stereocenters. The maximum atomic E-state index is 12.0. The Bertz CT molecular complexity index is 938. The number of amides is 2. The van der Waals surface area contributed by atoms with Gasteiger partial charge in [-0.1, -0.05) is 47.5 Å². The van der Waals surface area contributed by atoms with Crippen molar-refractivity contribution in [3.05, 3.63) is 75.2 Å². The summed E-state index contributed by atoms with van der Waals surface area (Å²) in [5.74, 6) is 0.808. The Morgan fingerprint density at radius 3 is 2.69 bits per heavy atom. The summed E-state index contributed by atoms with van der Waals surface area (Å²) in [5.41, 5.74) is 1.59. The summed E-state index contributed by atoms with van der Waals surface area (Å²) >= 11 is 13.2. The van der Waals surface area contributed by atoms with Crippen LogP contribution < -0.4 is 15.4 Å². The van der Waals surface area contributed by atoms with Gasteiger partial charge in [0.2, 0.25) is 0 Å². The van der Waals surface area contributed by atoms with Crippen molar-refractivity contribution in [2.75, 3.05) is 18.5 Å². The average molecular weight is 452 g/mol. The van der Waals surface area contributed by atoms with Crippen molar-refractivity contribution in [2.24, 2.45) is 0 Å². The van der Waals surface area contributed by atoms with Gasteiger partial charge >= 0.3 is 6.03 Å². The van der Waals surface area contributed by atoms with E-state index in [1.54, 1.807) is 18.2 Å². The molecule has 1 heterocycles. The molecule has 1 aromatic heterocycles. The van der Waals surface area contributed by atoms with Gasteiger partial charge < -0.3 is 14.8 Å². The number of hydrogen-bond donors (Lipinski definition) is 2. The Hall–Kier alpha value is -2.32. The number of urea groups is 1. The van der Waals surface area contributed by atoms with Crippen molar-refractivity contribution in [3.8, 4) is 5.75 Å². The Balaban J connectivity index is 1.34. The van der Waals surface area contributed by atoms with Crippen molar-refractivity contribution in [2.45, 2.75) is 13.2 Å². The molecular formula is C20H19Cl2N3O3S. The van der Waals surface area contributed by atoms with Crippen LogP contribution in [-0.4, -0.2) is 24.2 Å². The Kier molecular flexibility index (Phi) is 8.13. The van der Waals surface area contributed by atoms with Gasteiger partial charge in [0, 0.05) is 11.9 Å². The summed E-state index contributed by atoms with van der Waals surface area (Å²) in [4.78, 5) is 16.3. The number of benzene rings is 2. The van der Waals surface area contributed by atoms with E-state index in [1.807, 2.05) is 35.7 Å². The van der Waals surface area contributed by atoms with E-state index in [4.69, 9.17) is 32.7 Å². The molecule has 0 aliphatic rings. The lowest BCUT2D eigenvalue weighted by Crippen LogP contribution is -2.28. The van der Waals surface area contributed by atoms with Crippen LogP contribution in [0.4, 0.5) is 9.93 Å². The Morgan fingerprint density at radius 2 is 1.90 bits per heavy atom. The van der Waals surface area contributed by atoms with E-state index in [0.717, 1.165) is 17.0 Å². The second-order valence-corrected chi connectivity index (χ2v) is 7.59. The monoisotopic (exact) mass is 451 g/mol. The van der Waals surface area contributed by atoms with Gasteiger partial charge in [0.15, 0.2) is 5.13 Å². The quantitative estimate of drug-likeness (QED) is 0.429. The van der Waals surface area contributed by atoms with Gasteiger partial charge in [-0.25, -0.2) is 9.78 Å². The maximum Gasteiger partial charge on any atom is 0.321 e. The van der Waals surface area contributed by atoms with E-state index in [2.05, 4.69) is 15.6 Å². The van der Waals surface area contributed by atoms with Crippen LogP contribution in [0, 0.1) is 0 Å². The van der Waals surface area contributed by atoms with Crippen LogP contribution in [0.15, 0.2) is 53.9 Å². The molecule has 0 radical (unpaired) electrons. The molecule has 0 aliphatic carbocycles. The number of anilines is 1. The number of para-hydroxylation sites is 1. The molecule has 9 heteroatoms. The molecule has 2 amide bonds. The zero-order chi connectivity index (χ0) is 20.5. The van der Waals surface area contributed by atoms with Crippen LogP contribution in [0.5, 0.6) is 5.75 Å². The Labute approximate surface area is 182 Å². The van der Waals surface area contributed by atoms with Crippen molar-refractivity contribution >= 4 is 45.7 Å². The lowest BCUT2D eigenvalue weighted by atomic mass is 10.2. The summed E-state index contributed by atoms with van der Waals surface area (Å²) in [6, 6.07) is 14.4. The number of nitrogens with one attached hydrogen (secondary N) is 2. The summed E-state index contributed by atoms with van der Waals surface area (Å²) in [6.07, 6.45) is 0. The van der Waals surface area contributed by atoms with E-state index in [0.29, 0.717) is 41.5 Å². The van der Waals surface area contributed by atoms with Crippen LogP contribution in [0.3, 0.4) is 0 Å². The maximum absolute atomic E-state index is 12.0. The van der Waals surface area contributed by atoms with Gasteiger partial charge in [-0.05, 0) is 29.8 Å². The molecule has 0 aliphatic heterocycles. The number of ether oxygens (including phenoxy) is 2. The molecule has 0 bridgehead atoms. The van der Waals surface area contributed by atoms with Crippen molar-refractivity contribution in [1.82, 2.24) is 10.3 Å². The molecule has 0 saturated carbocycles. The van der Waals surface area contributed by atoms with Crippen LogP contribution in [0.2, 0.25) is 10.0 Å². The molecule has 0 unspecified atom stereocenters. The first-order valence-electron chi connectivity index (χ1n) is 8.79. The zero-order valence-electron chi connectivity index (χ0n) is 15.4. The highest BCUT2D eigenvalue weighted by Crippen LogP contribution is 2.22. The van der Waals surface area contributed by atoms with Crippen molar-refractivity contribution < 1.29 is 14.3 Å². The fraction of sp³-hybridized carbons (Fsp3) is 0.200. The average Bonchev–Trinajstić information content (AvgIpc) is 3.16. The smallest absolute Gasteiger partial charge is 0.321 e. The molecule has 2 N–H and O–H groups in total. The largest absolute Gasteiger partial charge is 0.491 e.